The first-order chi connectivity index (χ1) is 12.7. The molecule has 3 nitrogen and oxygen atoms in total. The molecule has 1 fully saturated rings. The molecule has 1 aliphatic rings. The fourth-order valence-corrected chi connectivity index (χ4v) is 3.56. The number of allylic oxidation sites excluding steroid dienone is 1. The fourth-order valence-electron chi connectivity index (χ4n) is 3.30. The minimum atomic E-state index is -0.321. The molecule has 0 unspecified atom stereocenters. The molecule has 26 heavy (non-hydrogen) atoms. The summed E-state index contributed by atoms with van der Waals surface area (Å²) in [7, 11) is 0. The Balaban J connectivity index is 1.93. The summed E-state index contributed by atoms with van der Waals surface area (Å²) in [4.78, 5) is 25.7. The molecule has 2 aromatic rings. The molecule has 2 aromatic carbocycles. The zero-order valence-corrected chi connectivity index (χ0v) is 15.3. The number of nitrogens with one attached hydrogen (secondary N) is 1. The summed E-state index contributed by atoms with van der Waals surface area (Å²) in [5, 5.41) is 3.08. The van der Waals surface area contributed by atoms with Crippen LogP contribution >= 0.6 is 11.6 Å². The molecule has 0 atom stereocenters. The van der Waals surface area contributed by atoms with Crippen molar-refractivity contribution in [1.29, 1.82) is 0 Å². The van der Waals surface area contributed by atoms with Crippen LogP contribution in [0.5, 0.6) is 0 Å². The van der Waals surface area contributed by atoms with Gasteiger partial charge in [0.25, 0.3) is 5.91 Å². The zero-order chi connectivity index (χ0) is 18.4. The summed E-state index contributed by atoms with van der Waals surface area (Å²) in [6, 6.07) is 18.1. The van der Waals surface area contributed by atoms with E-state index in [9.17, 15) is 9.59 Å². The van der Waals surface area contributed by atoms with Crippen molar-refractivity contribution in [2.24, 2.45) is 5.92 Å². The normalized spacial score (nSPS) is 15.9. The predicted molar refractivity (Wildman–Crippen MR) is 105 cm³/mol. The van der Waals surface area contributed by atoms with Crippen molar-refractivity contribution in [2.45, 2.75) is 32.1 Å². The van der Waals surface area contributed by atoms with Crippen LogP contribution in [0.1, 0.15) is 48.0 Å². The molecule has 1 amide bonds. The van der Waals surface area contributed by atoms with Gasteiger partial charge in [0.2, 0.25) is 0 Å². The van der Waals surface area contributed by atoms with Gasteiger partial charge in [0.1, 0.15) is 5.70 Å². The van der Waals surface area contributed by atoms with Crippen molar-refractivity contribution in [3.05, 3.63) is 77.5 Å². The topological polar surface area (TPSA) is 46.2 Å². The lowest BCUT2D eigenvalue weighted by Gasteiger charge is -2.22. The van der Waals surface area contributed by atoms with Crippen molar-refractivity contribution in [3.8, 4) is 0 Å². The van der Waals surface area contributed by atoms with Crippen LogP contribution in [0.2, 0.25) is 0 Å². The van der Waals surface area contributed by atoms with Gasteiger partial charge in [-0.05, 0) is 30.5 Å². The molecule has 1 aliphatic carbocycles. The van der Waals surface area contributed by atoms with Gasteiger partial charge in [0.05, 0.1) is 5.03 Å². The largest absolute Gasteiger partial charge is 0.318 e. The minimum Gasteiger partial charge on any atom is -0.318 e. The van der Waals surface area contributed by atoms with Crippen LogP contribution in [0, 0.1) is 5.92 Å². The standard InChI is InChI=1S/C22H22ClNO2/c23-19(16-10-4-1-5-11-16)20(21(25)17-12-6-2-7-13-17)24-22(26)18-14-8-3-9-15-18/h1,3-5,8-11,14-15,17H,2,6-7,12-13H2,(H,24,26)/b20-19+. The van der Waals surface area contributed by atoms with Crippen molar-refractivity contribution >= 4 is 28.3 Å². The number of halogens is 1. The Hall–Kier alpha value is -2.39. The van der Waals surface area contributed by atoms with E-state index in [2.05, 4.69) is 5.32 Å². The van der Waals surface area contributed by atoms with Crippen LogP contribution in [0.4, 0.5) is 0 Å². The Morgan fingerprint density at radius 2 is 1.35 bits per heavy atom. The fraction of sp³-hybridized carbons (Fsp3) is 0.273. The van der Waals surface area contributed by atoms with Crippen LogP contribution in [-0.4, -0.2) is 11.7 Å². The molecule has 1 saturated carbocycles. The summed E-state index contributed by atoms with van der Waals surface area (Å²) in [6.07, 6.45) is 4.94. The first-order valence-corrected chi connectivity index (χ1v) is 9.40. The molecular weight excluding hydrogens is 346 g/mol. The number of benzene rings is 2. The highest BCUT2D eigenvalue weighted by Crippen LogP contribution is 2.30. The maximum absolute atomic E-state index is 13.1. The third kappa shape index (κ3) is 4.41. The third-order valence-corrected chi connectivity index (χ3v) is 5.15. The van der Waals surface area contributed by atoms with E-state index in [1.54, 1.807) is 24.3 Å². The summed E-state index contributed by atoms with van der Waals surface area (Å²) < 4.78 is 0. The Morgan fingerprint density at radius 3 is 1.92 bits per heavy atom. The van der Waals surface area contributed by atoms with Crippen LogP contribution in [0.25, 0.3) is 5.03 Å². The van der Waals surface area contributed by atoms with Crippen molar-refractivity contribution in [3.63, 3.8) is 0 Å². The second-order valence-corrected chi connectivity index (χ2v) is 6.95. The molecular formula is C22H22ClNO2. The van der Waals surface area contributed by atoms with E-state index in [-0.39, 0.29) is 23.3 Å². The Labute approximate surface area is 159 Å². The summed E-state index contributed by atoms with van der Waals surface area (Å²) in [6.45, 7) is 0. The first kappa shape index (κ1) is 18.4. The quantitative estimate of drug-likeness (QED) is 0.740. The van der Waals surface area contributed by atoms with Gasteiger partial charge in [-0.2, -0.15) is 0 Å². The number of hydrogen-bond donors (Lipinski definition) is 1. The van der Waals surface area contributed by atoms with Gasteiger partial charge in [-0.25, -0.2) is 0 Å². The van der Waals surface area contributed by atoms with Crippen molar-refractivity contribution in [1.82, 2.24) is 5.32 Å². The lowest BCUT2D eigenvalue weighted by Crippen LogP contribution is -2.32. The number of carbonyl (C=O) groups is 2. The van der Waals surface area contributed by atoms with E-state index in [1.807, 2.05) is 36.4 Å². The van der Waals surface area contributed by atoms with Crippen molar-refractivity contribution < 1.29 is 9.59 Å². The molecule has 1 N–H and O–H groups in total. The van der Waals surface area contributed by atoms with E-state index in [1.165, 1.54) is 0 Å². The maximum atomic E-state index is 13.1. The Kier molecular flexibility index (Phi) is 6.24. The molecule has 0 heterocycles. The molecule has 0 aromatic heterocycles. The maximum Gasteiger partial charge on any atom is 0.255 e. The Morgan fingerprint density at radius 1 is 0.808 bits per heavy atom. The van der Waals surface area contributed by atoms with Gasteiger partial charge < -0.3 is 5.32 Å². The van der Waals surface area contributed by atoms with Gasteiger partial charge in [-0.3, -0.25) is 9.59 Å². The first-order valence-electron chi connectivity index (χ1n) is 9.02. The van der Waals surface area contributed by atoms with E-state index >= 15 is 0 Å². The Bertz CT molecular complexity index is 793. The SMILES string of the molecule is O=C(N/C(C(=O)C1CCCCC1)=C(/Cl)c1ccccc1)c1ccccc1. The highest BCUT2D eigenvalue weighted by atomic mass is 35.5. The van der Waals surface area contributed by atoms with E-state index < -0.39 is 0 Å². The zero-order valence-electron chi connectivity index (χ0n) is 14.6. The number of rotatable bonds is 5. The van der Waals surface area contributed by atoms with Gasteiger partial charge in [-0.15, -0.1) is 0 Å². The second kappa shape index (κ2) is 8.81. The number of amides is 1. The van der Waals surface area contributed by atoms with Crippen LogP contribution in [0.15, 0.2) is 66.4 Å². The molecule has 0 bridgehead atoms. The van der Waals surface area contributed by atoms with E-state index in [0.717, 1.165) is 37.7 Å². The molecule has 3 rings (SSSR count). The number of hydrogen-bond acceptors (Lipinski definition) is 2. The molecule has 0 saturated heterocycles. The average molecular weight is 368 g/mol. The van der Waals surface area contributed by atoms with E-state index in [4.69, 9.17) is 11.6 Å². The van der Waals surface area contributed by atoms with Gasteiger partial charge in [0.15, 0.2) is 5.78 Å². The van der Waals surface area contributed by atoms with Crippen LogP contribution < -0.4 is 5.32 Å². The van der Waals surface area contributed by atoms with Gasteiger partial charge in [-0.1, -0.05) is 79.4 Å². The van der Waals surface area contributed by atoms with Gasteiger partial charge in [0, 0.05) is 11.5 Å². The van der Waals surface area contributed by atoms with Crippen molar-refractivity contribution in [2.75, 3.05) is 0 Å². The highest BCUT2D eigenvalue weighted by Gasteiger charge is 2.27. The third-order valence-electron chi connectivity index (χ3n) is 4.74. The molecule has 0 radical (unpaired) electrons. The number of carbonyl (C=O) groups excluding carboxylic acids is 2. The molecule has 134 valence electrons. The molecule has 0 spiro atoms. The minimum absolute atomic E-state index is 0.0668. The highest BCUT2D eigenvalue weighted by molar-refractivity contribution is 6.51. The van der Waals surface area contributed by atoms with Crippen LogP contribution in [0.3, 0.4) is 0 Å². The second-order valence-electron chi connectivity index (χ2n) is 6.57. The molecule has 0 aliphatic heterocycles. The number of Topliss-reactive ketones (excluding diaryl/α,β-unsaturated/α-hetero) is 1. The lowest BCUT2D eigenvalue weighted by molar-refractivity contribution is -0.120. The van der Waals surface area contributed by atoms with Gasteiger partial charge >= 0.3 is 0 Å². The smallest absolute Gasteiger partial charge is 0.255 e. The average Bonchev–Trinajstić information content (AvgIpc) is 2.73. The predicted octanol–water partition coefficient (Wildman–Crippen LogP) is 5.17. The summed E-state index contributed by atoms with van der Waals surface area (Å²) in [5.74, 6) is -0.464. The monoisotopic (exact) mass is 367 g/mol. The lowest BCUT2D eigenvalue weighted by atomic mass is 9.85. The molecule has 4 heteroatoms. The number of ketones is 1. The summed E-state index contributed by atoms with van der Waals surface area (Å²) in [5.41, 5.74) is 1.43. The van der Waals surface area contributed by atoms with Crippen LogP contribution in [-0.2, 0) is 4.79 Å². The van der Waals surface area contributed by atoms with E-state index in [0.29, 0.717) is 10.6 Å². The summed E-state index contributed by atoms with van der Waals surface area (Å²) >= 11 is 6.56.